The second-order valence-electron chi connectivity index (χ2n) is 4.26. The molecule has 0 amide bonds. The van der Waals surface area contributed by atoms with E-state index in [-0.39, 0.29) is 0 Å². The van der Waals surface area contributed by atoms with Crippen molar-refractivity contribution in [1.29, 1.82) is 0 Å². The van der Waals surface area contributed by atoms with Crippen molar-refractivity contribution in [2.75, 3.05) is 0 Å². The average molecular weight is 292 g/mol. The lowest BCUT2D eigenvalue weighted by atomic mass is 10.2. The van der Waals surface area contributed by atoms with Crippen LogP contribution in [-0.2, 0) is 0 Å². The quantitative estimate of drug-likeness (QED) is 0.681. The number of alkyl halides is 3. The lowest BCUT2D eigenvalue weighted by molar-refractivity contribution is -0.0888. The fraction of sp³-hybridized carbons (Fsp3) is 0.0769. The van der Waals surface area contributed by atoms with E-state index in [1.54, 1.807) is 30.5 Å². The van der Waals surface area contributed by atoms with E-state index in [4.69, 9.17) is 0 Å². The van der Waals surface area contributed by atoms with Crippen molar-refractivity contribution in [2.24, 2.45) is 0 Å². The van der Waals surface area contributed by atoms with Gasteiger partial charge < -0.3 is 0 Å². The monoisotopic (exact) mass is 292 g/mol. The molecular formula is C13H7F3N4O. The van der Waals surface area contributed by atoms with Gasteiger partial charge in [-0.3, -0.25) is 9.78 Å². The molecule has 0 atom stereocenters. The van der Waals surface area contributed by atoms with E-state index in [1.807, 2.05) is 6.07 Å². The molecule has 2 heterocycles. The van der Waals surface area contributed by atoms with Gasteiger partial charge in [-0.25, -0.2) is 4.68 Å². The number of fused-ring (bicyclic) bond motifs is 1. The zero-order valence-electron chi connectivity index (χ0n) is 10.4. The van der Waals surface area contributed by atoms with Crippen LogP contribution in [0.3, 0.4) is 0 Å². The minimum atomic E-state index is -4.96. The number of carbonyl (C=O) groups excluding carboxylic acids is 1. The van der Waals surface area contributed by atoms with Gasteiger partial charge in [-0.05, 0) is 24.3 Å². The van der Waals surface area contributed by atoms with Crippen molar-refractivity contribution < 1.29 is 18.0 Å². The molecule has 0 saturated heterocycles. The number of hydrogen-bond donors (Lipinski definition) is 0. The summed E-state index contributed by atoms with van der Waals surface area (Å²) in [6, 6.07) is 8.58. The Balaban J connectivity index is 2.00. The maximum atomic E-state index is 12.3. The number of Topliss-reactive ketones (excluding diaryl/α,β-unsaturated/α-hetero) is 1. The first-order valence-corrected chi connectivity index (χ1v) is 5.84. The Labute approximate surface area is 116 Å². The van der Waals surface area contributed by atoms with Gasteiger partial charge in [0.1, 0.15) is 0 Å². The number of benzene rings is 1. The van der Waals surface area contributed by atoms with E-state index in [0.29, 0.717) is 5.69 Å². The van der Waals surface area contributed by atoms with E-state index >= 15 is 0 Å². The number of ketones is 1. The first kappa shape index (κ1) is 13.2. The van der Waals surface area contributed by atoms with Crippen LogP contribution in [0.15, 0.2) is 42.7 Å². The van der Waals surface area contributed by atoms with E-state index in [0.717, 1.165) is 21.8 Å². The van der Waals surface area contributed by atoms with Crippen molar-refractivity contribution in [2.45, 2.75) is 6.18 Å². The Hall–Kier alpha value is -2.77. The molecule has 3 aromatic rings. The van der Waals surface area contributed by atoms with Gasteiger partial charge >= 0.3 is 6.18 Å². The van der Waals surface area contributed by atoms with Crippen LogP contribution >= 0.6 is 0 Å². The lowest BCUT2D eigenvalue weighted by Crippen LogP contribution is -2.23. The summed E-state index contributed by atoms with van der Waals surface area (Å²) >= 11 is 0. The molecule has 8 heteroatoms. The fourth-order valence-electron chi connectivity index (χ4n) is 1.84. The predicted octanol–water partition coefficient (Wildman–Crippen LogP) is 2.56. The Morgan fingerprint density at radius 1 is 1.19 bits per heavy atom. The summed E-state index contributed by atoms with van der Waals surface area (Å²) in [4.78, 5) is 15.2. The highest BCUT2D eigenvalue weighted by atomic mass is 19.4. The highest BCUT2D eigenvalue weighted by Crippen LogP contribution is 2.21. The molecule has 0 fully saturated rings. The average Bonchev–Trinajstić information content (AvgIpc) is 2.94. The molecule has 21 heavy (non-hydrogen) atoms. The van der Waals surface area contributed by atoms with Gasteiger partial charge in [-0.2, -0.15) is 13.2 Å². The zero-order valence-corrected chi connectivity index (χ0v) is 10.4. The number of nitrogens with zero attached hydrogens (tertiary/aromatic N) is 4. The fourth-order valence-corrected chi connectivity index (χ4v) is 1.84. The summed E-state index contributed by atoms with van der Waals surface area (Å²) < 4.78 is 38.1. The third-order valence-corrected chi connectivity index (χ3v) is 2.83. The highest BCUT2D eigenvalue weighted by Gasteiger charge is 2.41. The van der Waals surface area contributed by atoms with E-state index in [1.165, 1.54) is 0 Å². The van der Waals surface area contributed by atoms with Gasteiger partial charge in [-0.15, -0.1) is 5.10 Å². The molecule has 0 radical (unpaired) electrons. The second kappa shape index (κ2) is 4.65. The van der Waals surface area contributed by atoms with Crippen LogP contribution in [0.1, 0.15) is 10.5 Å². The number of hydrogen-bond acceptors (Lipinski definition) is 4. The van der Waals surface area contributed by atoms with Crippen molar-refractivity contribution in [3.05, 3.63) is 48.4 Å². The third kappa shape index (κ3) is 2.47. The minimum absolute atomic E-state index is 0.490. The molecule has 0 aliphatic carbocycles. The number of halogens is 3. The van der Waals surface area contributed by atoms with E-state index < -0.39 is 17.7 Å². The lowest BCUT2D eigenvalue weighted by Gasteiger charge is -2.02. The van der Waals surface area contributed by atoms with Crippen molar-refractivity contribution in [3.63, 3.8) is 0 Å². The normalized spacial score (nSPS) is 11.8. The van der Waals surface area contributed by atoms with Gasteiger partial charge in [0, 0.05) is 11.6 Å². The summed E-state index contributed by atoms with van der Waals surface area (Å²) in [7, 11) is 0. The Morgan fingerprint density at radius 2 is 2.00 bits per heavy atom. The Bertz CT molecular complexity index is 825. The molecule has 1 aromatic carbocycles. The third-order valence-electron chi connectivity index (χ3n) is 2.83. The summed E-state index contributed by atoms with van der Waals surface area (Å²) in [5.74, 6) is -2.02. The van der Waals surface area contributed by atoms with Gasteiger partial charge in [0.15, 0.2) is 5.69 Å². The number of rotatable bonds is 2. The largest absolute Gasteiger partial charge is 0.456 e. The summed E-state index contributed by atoms with van der Waals surface area (Å²) in [6.07, 6.45) is -2.38. The minimum Gasteiger partial charge on any atom is -0.282 e. The topological polar surface area (TPSA) is 60.7 Å². The zero-order chi connectivity index (χ0) is 15.0. The SMILES string of the molecule is O=C(c1cn(-c2ccc3ncccc3c2)nn1)C(F)(F)F. The number of pyridine rings is 1. The van der Waals surface area contributed by atoms with E-state index in [2.05, 4.69) is 15.3 Å². The number of aromatic nitrogens is 4. The molecule has 0 N–H and O–H groups in total. The van der Waals surface area contributed by atoms with Crippen molar-refractivity contribution in [3.8, 4) is 5.69 Å². The molecule has 0 saturated carbocycles. The molecule has 2 aromatic heterocycles. The standard InChI is InChI=1S/C13H7F3N4O/c14-13(15,16)12(21)11-7-20(19-18-11)9-3-4-10-8(6-9)2-1-5-17-10/h1-7H. The summed E-state index contributed by atoms with van der Waals surface area (Å²) in [6.45, 7) is 0. The highest BCUT2D eigenvalue weighted by molar-refractivity contribution is 5.98. The van der Waals surface area contributed by atoms with Crippen LogP contribution in [0, 0.1) is 0 Å². The summed E-state index contributed by atoms with van der Waals surface area (Å²) in [5, 5.41) is 7.62. The van der Waals surface area contributed by atoms with Gasteiger partial charge in [0.05, 0.1) is 17.4 Å². The van der Waals surface area contributed by atoms with Crippen molar-refractivity contribution in [1.82, 2.24) is 20.0 Å². The van der Waals surface area contributed by atoms with Crippen molar-refractivity contribution >= 4 is 16.7 Å². The molecule has 0 unspecified atom stereocenters. The van der Waals surface area contributed by atoms with Gasteiger partial charge in [-0.1, -0.05) is 11.3 Å². The smallest absolute Gasteiger partial charge is 0.282 e. The number of carbonyl (C=O) groups is 1. The van der Waals surface area contributed by atoms with Crippen LogP contribution in [0.2, 0.25) is 0 Å². The molecule has 0 spiro atoms. The summed E-state index contributed by atoms with van der Waals surface area (Å²) in [5.41, 5.74) is 0.492. The van der Waals surface area contributed by atoms with Crippen LogP contribution in [0.25, 0.3) is 16.6 Å². The molecule has 106 valence electrons. The van der Waals surface area contributed by atoms with Gasteiger partial charge in [0.2, 0.25) is 0 Å². The van der Waals surface area contributed by atoms with Crippen LogP contribution in [0.4, 0.5) is 13.2 Å². The Morgan fingerprint density at radius 3 is 2.76 bits per heavy atom. The van der Waals surface area contributed by atoms with Crippen LogP contribution < -0.4 is 0 Å². The molecule has 0 bridgehead atoms. The first-order valence-electron chi connectivity index (χ1n) is 5.84. The molecule has 3 rings (SSSR count). The maximum absolute atomic E-state index is 12.3. The molecule has 0 aliphatic rings. The maximum Gasteiger partial charge on any atom is 0.456 e. The predicted molar refractivity (Wildman–Crippen MR) is 67.0 cm³/mol. The molecular weight excluding hydrogens is 285 g/mol. The molecule has 5 nitrogen and oxygen atoms in total. The molecule has 0 aliphatic heterocycles. The van der Waals surface area contributed by atoms with Gasteiger partial charge in [0.25, 0.3) is 5.78 Å². The Kier molecular flexibility index (Phi) is 2.93. The van der Waals surface area contributed by atoms with Crippen LogP contribution in [0.5, 0.6) is 0 Å². The first-order chi connectivity index (χ1) is 9.95. The van der Waals surface area contributed by atoms with E-state index in [9.17, 15) is 18.0 Å². The van der Waals surface area contributed by atoms with Crippen LogP contribution in [-0.4, -0.2) is 31.9 Å². The second-order valence-corrected chi connectivity index (χ2v) is 4.26.